The van der Waals surface area contributed by atoms with Crippen molar-refractivity contribution in [2.75, 3.05) is 20.1 Å². The Balaban J connectivity index is 1.94. The van der Waals surface area contributed by atoms with Crippen molar-refractivity contribution in [1.82, 2.24) is 10.2 Å². The number of aryl methyl sites for hydroxylation is 2. The summed E-state index contributed by atoms with van der Waals surface area (Å²) in [5.74, 6) is 0. The quantitative estimate of drug-likeness (QED) is 0.803. The Hall–Kier alpha value is -0.900. The number of likely N-dealkylation sites (tertiary alicyclic amines) is 1. The van der Waals surface area contributed by atoms with Crippen LogP contribution in [0.1, 0.15) is 35.8 Å². The van der Waals surface area contributed by atoms with Gasteiger partial charge < -0.3 is 10.0 Å². The molecular weight excluding hydrogens is 224 g/mol. The van der Waals surface area contributed by atoms with Crippen LogP contribution in [-0.2, 0) is 0 Å². The molecule has 0 aromatic heterocycles. The Kier molecular flexibility index (Phi) is 4.38. The third-order valence-electron chi connectivity index (χ3n) is 3.96. The zero-order valence-electron chi connectivity index (χ0n) is 11.6. The second-order valence-electron chi connectivity index (χ2n) is 5.49. The summed E-state index contributed by atoms with van der Waals surface area (Å²) in [6.45, 7) is 6.39. The number of hydrogen-bond donors (Lipinski definition) is 2. The van der Waals surface area contributed by atoms with E-state index in [-0.39, 0.29) is 0 Å². The number of aliphatic hydroxyl groups excluding tert-OH is 1. The maximum atomic E-state index is 10.2. The van der Waals surface area contributed by atoms with Gasteiger partial charge in [0, 0.05) is 6.04 Å². The average Bonchev–Trinajstić information content (AvgIpc) is 2.35. The molecule has 0 aliphatic carbocycles. The SMILES string of the molecule is Cc1ccc(C(O)NC2CCN(C)CC2)cc1C. The number of rotatable bonds is 3. The van der Waals surface area contributed by atoms with Gasteiger partial charge in [0.05, 0.1) is 0 Å². The summed E-state index contributed by atoms with van der Waals surface area (Å²) in [6.07, 6.45) is 1.68. The smallest absolute Gasteiger partial charge is 0.131 e. The Morgan fingerprint density at radius 3 is 2.50 bits per heavy atom. The summed E-state index contributed by atoms with van der Waals surface area (Å²) in [5.41, 5.74) is 3.47. The molecule has 100 valence electrons. The van der Waals surface area contributed by atoms with Gasteiger partial charge in [-0.15, -0.1) is 0 Å². The predicted molar refractivity (Wildman–Crippen MR) is 74.5 cm³/mol. The Morgan fingerprint density at radius 2 is 1.89 bits per heavy atom. The molecule has 1 aromatic rings. The molecule has 2 N–H and O–H groups in total. The molecule has 1 saturated heterocycles. The van der Waals surface area contributed by atoms with E-state index in [2.05, 4.69) is 43.2 Å². The molecule has 0 amide bonds. The van der Waals surface area contributed by atoms with E-state index in [1.54, 1.807) is 0 Å². The fraction of sp³-hybridized carbons (Fsp3) is 0.600. The first-order valence-corrected chi connectivity index (χ1v) is 6.76. The highest BCUT2D eigenvalue weighted by Gasteiger charge is 2.19. The van der Waals surface area contributed by atoms with Gasteiger partial charge in [0.2, 0.25) is 0 Å². The number of aliphatic hydroxyl groups is 1. The van der Waals surface area contributed by atoms with Gasteiger partial charge in [0.25, 0.3) is 0 Å². The molecule has 0 saturated carbocycles. The van der Waals surface area contributed by atoms with E-state index in [0.717, 1.165) is 31.5 Å². The third kappa shape index (κ3) is 3.31. The van der Waals surface area contributed by atoms with Gasteiger partial charge in [0.1, 0.15) is 6.23 Å². The maximum absolute atomic E-state index is 10.2. The third-order valence-corrected chi connectivity index (χ3v) is 3.96. The van der Waals surface area contributed by atoms with E-state index < -0.39 is 6.23 Å². The molecule has 1 fully saturated rings. The number of piperidine rings is 1. The number of nitrogens with one attached hydrogen (secondary N) is 1. The van der Waals surface area contributed by atoms with E-state index in [4.69, 9.17) is 0 Å². The molecule has 18 heavy (non-hydrogen) atoms. The van der Waals surface area contributed by atoms with E-state index >= 15 is 0 Å². The average molecular weight is 248 g/mol. The molecule has 1 atom stereocenters. The summed E-state index contributed by atoms with van der Waals surface area (Å²) in [6, 6.07) is 6.58. The van der Waals surface area contributed by atoms with Crippen molar-refractivity contribution in [3.63, 3.8) is 0 Å². The van der Waals surface area contributed by atoms with E-state index in [1.165, 1.54) is 11.1 Å². The van der Waals surface area contributed by atoms with Crippen molar-refractivity contribution in [3.05, 3.63) is 34.9 Å². The molecule has 2 rings (SSSR count). The lowest BCUT2D eigenvalue weighted by molar-refractivity contribution is 0.104. The normalized spacial score (nSPS) is 20.0. The Labute approximate surface area is 110 Å². The Bertz CT molecular complexity index is 397. The van der Waals surface area contributed by atoms with Crippen LogP contribution in [0.4, 0.5) is 0 Å². The van der Waals surface area contributed by atoms with Crippen LogP contribution >= 0.6 is 0 Å². The van der Waals surface area contributed by atoms with Gasteiger partial charge >= 0.3 is 0 Å². The molecule has 0 spiro atoms. The van der Waals surface area contributed by atoms with E-state index in [0.29, 0.717) is 6.04 Å². The van der Waals surface area contributed by atoms with Crippen molar-refractivity contribution in [2.45, 2.75) is 39.0 Å². The lowest BCUT2D eigenvalue weighted by atomic mass is 10.0. The summed E-state index contributed by atoms with van der Waals surface area (Å²) >= 11 is 0. The topological polar surface area (TPSA) is 35.5 Å². The van der Waals surface area contributed by atoms with Gasteiger partial charge in [-0.25, -0.2) is 0 Å². The number of nitrogens with zero attached hydrogens (tertiary/aromatic N) is 1. The largest absolute Gasteiger partial charge is 0.374 e. The second-order valence-corrected chi connectivity index (χ2v) is 5.49. The van der Waals surface area contributed by atoms with E-state index in [1.807, 2.05) is 6.07 Å². The highest BCUT2D eigenvalue weighted by Crippen LogP contribution is 2.18. The van der Waals surface area contributed by atoms with Crippen LogP contribution in [0.2, 0.25) is 0 Å². The van der Waals surface area contributed by atoms with Gasteiger partial charge in [0.15, 0.2) is 0 Å². The van der Waals surface area contributed by atoms with Crippen LogP contribution in [-0.4, -0.2) is 36.2 Å². The molecule has 0 radical (unpaired) electrons. The molecule has 1 unspecified atom stereocenters. The molecule has 1 aliphatic heterocycles. The van der Waals surface area contributed by atoms with Crippen molar-refractivity contribution < 1.29 is 5.11 Å². The van der Waals surface area contributed by atoms with Gasteiger partial charge in [-0.05, 0) is 63.5 Å². The minimum Gasteiger partial charge on any atom is -0.374 e. The number of hydrogen-bond acceptors (Lipinski definition) is 3. The fourth-order valence-electron chi connectivity index (χ4n) is 2.43. The minimum absolute atomic E-state index is 0.429. The summed E-state index contributed by atoms with van der Waals surface area (Å²) < 4.78 is 0. The van der Waals surface area contributed by atoms with Crippen LogP contribution in [0.3, 0.4) is 0 Å². The molecule has 3 nitrogen and oxygen atoms in total. The first kappa shape index (κ1) is 13.5. The predicted octanol–water partition coefficient (Wildman–Crippen LogP) is 1.98. The van der Waals surface area contributed by atoms with Crippen LogP contribution in [0.15, 0.2) is 18.2 Å². The van der Waals surface area contributed by atoms with Gasteiger partial charge in [-0.2, -0.15) is 0 Å². The van der Waals surface area contributed by atoms with Crippen molar-refractivity contribution in [3.8, 4) is 0 Å². The lowest BCUT2D eigenvalue weighted by Gasteiger charge is -2.31. The molecular formula is C15H24N2O. The van der Waals surface area contributed by atoms with Crippen molar-refractivity contribution >= 4 is 0 Å². The Morgan fingerprint density at radius 1 is 1.22 bits per heavy atom. The van der Waals surface area contributed by atoms with Crippen LogP contribution < -0.4 is 5.32 Å². The molecule has 1 aliphatic rings. The molecule has 1 heterocycles. The molecule has 0 bridgehead atoms. The summed E-state index contributed by atoms with van der Waals surface area (Å²) in [7, 11) is 2.15. The van der Waals surface area contributed by atoms with E-state index in [9.17, 15) is 5.11 Å². The summed E-state index contributed by atoms with van der Waals surface area (Å²) in [5, 5.41) is 13.6. The second kappa shape index (κ2) is 5.83. The monoisotopic (exact) mass is 248 g/mol. The highest BCUT2D eigenvalue weighted by molar-refractivity contribution is 5.30. The van der Waals surface area contributed by atoms with Crippen LogP contribution in [0, 0.1) is 13.8 Å². The first-order valence-electron chi connectivity index (χ1n) is 6.76. The zero-order chi connectivity index (χ0) is 13.1. The first-order chi connectivity index (χ1) is 8.56. The standard InChI is InChI=1S/C15H24N2O/c1-11-4-5-13(10-12(11)2)15(18)16-14-6-8-17(3)9-7-14/h4-5,10,14-16,18H,6-9H2,1-3H3. The van der Waals surface area contributed by atoms with Crippen molar-refractivity contribution in [1.29, 1.82) is 0 Å². The van der Waals surface area contributed by atoms with Gasteiger partial charge in [-0.3, -0.25) is 5.32 Å². The minimum atomic E-state index is -0.544. The van der Waals surface area contributed by atoms with Crippen molar-refractivity contribution in [2.24, 2.45) is 0 Å². The molecule has 3 heteroatoms. The van der Waals surface area contributed by atoms with Crippen LogP contribution in [0.5, 0.6) is 0 Å². The highest BCUT2D eigenvalue weighted by atomic mass is 16.3. The van der Waals surface area contributed by atoms with Crippen LogP contribution in [0.25, 0.3) is 0 Å². The fourth-order valence-corrected chi connectivity index (χ4v) is 2.43. The lowest BCUT2D eigenvalue weighted by Crippen LogP contribution is -2.42. The zero-order valence-corrected chi connectivity index (χ0v) is 11.6. The molecule has 1 aromatic carbocycles. The number of benzene rings is 1. The summed E-state index contributed by atoms with van der Waals surface area (Å²) in [4.78, 5) is 2.33. The maximum Gasteiger partial charge on any atom is 0.131 e. The van der Waals surface area contributed by atoms with Gasteiger partial charge in [-0.1, -0.05) is 18.2 Å².